The van der Waals surface area contributed by atoms with Crippen molar-refractivity contribution in [1.82, 2.24) is 0 Å². The molecule has 9 heteroatoms. The maximum atomic E-state index is 13.6. The number of ketones is 2. The van der Waals surface area contributed by atoms with Crippen molar-refractivity contribution < 1.29 is 35.7 Å². The van der Waals surface area contributed by atoms with Crippen LogP contribution in [0.15, 0.2) is 0 Å². The Kier molecular flexibility index (Phi) is 2.73. The smallest absolute Gasteiger partial charge is 0.294 e. The SMILES string of the molecule is CC1(C)CC(=O)C(F)(S([O])(=O)=O)C(=O)C1(F)F. The minimum atomic E-state index is -6.14. The number of hydrogen-bond acceptors (Lipinski definition) is 4. The molecule has 0 N–H and O–H groups in total. The summed E-state index contributed by atoms with van der Waals surface area (Å²) in [6.07, 6.45) is -1.22. The first-order valence-electron chi connectivity index (χ1n) is 4.39. The zero-order valence-corrected chi connectivity index (χ0v) is 9.61. The average Bonchev–Trinajstić information content (AvgIpc) is 2.10. The van der Waals surface area contributed by atoms with Crippen LogP contribution in [0.3, 0.4) is 0 Å². The molecule has 1 radical (unpaired) electrons. The second-order valence-corrected chi connectivity index (χ2v) is 5.91. The van der Waals surface area contributed by atoms with Crippen LogP contribution in [0.25, 0.3) is 0 Å². The summed E-state index contributed by atoms with van der Waals surface area (Å²) in [6, 6.07) is 0. The van der Waals surface area contributed by atoms with Gasteiger partial charge in [-0.2, -0.15) is 17.2 Å². The van der Waals surface area contributed by atoms with Gasteiger partial charge in [0.1, 0.15) is 0 Å². The first kappa shape index (κ1) is 14.1. The van der Waals surface area contributed by atoms with Gasteiger partial charge in [-0.1, -0.05) is 18.4 Å². The van der Waals surface area contributed by atoms with E-state index in [1.54, 1.807) is 0 Å². The summed E-state index contributed by atoms with van der Waals surface area (Å²) in [5, 5.41) is -4.69. The summed E-state index contributed by atoms with van der Waals surface area (Å²) in [6.45, 7) is 1.61. The van der Waals surface area contributed by atoms with Crippen LogP contribution in [0.2, 0.25) is 0 Å². The highest BCUT2D eigenvalue weighted by Crippen LogP contribution is 2.49. The van der Waals surface area contributed by atoms with Gasteiger partial charge in [-0.25, -0.2) is 4.39 Å². The average molecular weight is 273 g/mol. The molecule has 5 nitrogen and oxygen atoms in total. The fourth-order valence-corrected chi connectivity index (χ4v) is 2.22. The molecular formula is C8H8F3O5S. The van der Waals surface area contributed by atoms with Crippen LogP contribution in [-0.4, -0.2) is 30.9 Å². The molecule has 0 aliphatic heterocycles. The predicted molar refractivity (Wildman–Crippen MR) is 46.8 cm³/mol. The largest absolute Gasteiger partial charge is 0.357 e. The summed E-state index contributed by atoms with van der Waals surface area (Å²) in [5.74, 6) is -9.16. The highest BCUT2D eigenvalue weighted by Gasteiger charge is 2.74. The van der Waals surface area contributed by atoms with Gasteiger partial charge in [0.2, 0.25) is 0 Å². The molecule has 1 unspecified atom stereocenters. The van der Waals surface area contributed by atoms with Gasteiger partial charge in [-0.3, -0.25) is 9.59 Å². The van der Waals surface area contributed by atoms with Crippen LogP contribution in [0, 0.1) is 5.41 Å². The molecule has 0 spiro atoms. The molecule has 1 aliphatic rings. The molecular weight excluding hydrogens is 265 g/mol. The molecule has 0 aromatic heterocycles. The monoisotopic (exact) mass is 273 g/mol. The van der Waals surface area contributed by atoms with Crippen molar-refractivity contribution in [2.75, 3.05) is 0 Å². The lowest BCUT2D eigenvalue weighted by Crippen LogP contribution is -2.65. The van der Waals surface area contributed by atoms with E-state index in [9.17, 15) is 35.7 Å². The van der Waals surface area contributed by atoms with Gasteiger partial charge >= 0.3 is 21.0 Å². The third kappa shape index (κ3) is 1.60. The zero-order valence-electron chi connectivity index (χ0n) is 8.79. The zero-order chi connectivity index (χ0) is 13.9. The molecule has 1 fully saturated rings. The number of alkyl halides is 3. The van der Waals surface area contributed by atoms with Gasteiger partial charge in [0.25, 0.3) is 5.78 Å². The van der Waals surface area contributed by atoms with Gasteiger partial charge in [-0.05, 0) is 0 Å². The van der Waals surface area contributed by atoms with E-state index in [1.165, 1.54) is 0 Å². The molecule has 0 aromatic rings. The van der Waals surface area contributed by atoms with E-state index in [0.29, 0.717) is 0 Å². The normalized spacial score (nSPS) is 32.6. The second-order valence-electron chi connectivity index (χ2n) is 4.44. The quantitative estimate of drug-likeness (QED) is 0.655. The number of Topliss-reactive ketones (excluding diaryl/α,β-unsaturated/α-hetero) is 2. The number of hydrogen-bond donors (Lipinski definition) is 0. The van der Waals surface area contributed by atoms with Crippen LogP contribution in [0.5, 0.6) is 0 Å². The Hall–Kier alpha value is -0.960. The molecule has 0 bridgehead atoms. The molecule has 0 saturated heterocycles. The van der Waals surface area contributed by atoms with Crippen LogP contribution >= 0.6 is 0 Å². The highest BCUT2D eigenvalue weighted by atomic mass is 32.2. The minimum absolute atomic E-state index is 0.805. The first-order chi connectivity index (χ1) is 7.28. The van der Waals surface area contributed by atoms with Crippen molar-refractivity contribution in [2.24, 2.45) is 5.41 Å². The van der Waals surface area contributed by atoms with E-state index in [2.05, 4.69) is 0 Å². The van der Waals surface area contributed by atoms with E-state index < -0.39 is 44.4 Å². The molecule has 1 aliphatic carbocycles. The number of rotatable bonds is 1. The number of carbonyl (C=O) groups excluding carboxylic acids is 2. The fraction of sp³-hybridized carbons (Fsp3) is 0.750. The number of halogens is 3. The third-order valence-electron chi connectivity index (χ3n) is 2.73. The van der Waals surface area contributed by atoms with Crippen molar-refractivity contribution in [2.45, 2.75) is 31.2 Å². The summed E-state index contributed by atoms with van der Waals surface area (Å²) in [7, 11) is -6.14. The highest BCUT2D eigenvalue weighted by molar-refractivity contribution is 7.88. The summed E-state index contributed by atoms with van der Waals surface area (Å²) in [4.78, 5) is 22.3. The van der Waals surface area contributed by atoms with Crippen molar-refractivity contribution >= 4 is 21.7 Å². The van der Waals surface area contributed by atoms with Gasteiger partial charge in [-0.15, -0.1) is 0 Å². The standard InChI is InChI=1S/C8H8F3O5S/c1-6(2)3-4(12)7(9,17(14,15)16)5(13)8(6,10)11/h3H2,1-2H3. The molecule has 0 aromatic carbocycles. The maximum Gasteiger partial charge on any atom is 0.357 e. The van der Waals surface area contributed by atoms with Gasteiger partial charge < -0.3 is 0 Å². The van der Waals surface area contributed by atoms with Gasteiger partial charge in [0.05, 0.1) is 0 Å². The van der Waals surface area contributed by atoms with Gasteiger partial charge in [0, 0.05) is 11.8 Å². The maximum absolute atomic E-state index is 13.6. The summed E-state index contributed by atoms with van der Waals surface area (Å²) in [5.41, 5.74) is -2.23. The Labute approximate surface area is 94.7 Å². The van der Waals surface area contributed by atoms with Crippen LogP contribution in [-0.2, 0) is 24.3 Å². The number of carbonyl (C=O) groups is 2. The first-order valence-corrected chi connectivity index (χ1v) is 5.79. The Morgan fingerprint density at radius 1 is 1.12 bits per heavy atom. The third-order valence-corrected chi connectivity index (χ3v) is 3.83. The minimum Gasteiger partial charge on any atom is -0.294 e. The lowest BCUT2D eigenvalue weighted by molar-refractivity contribution is -0.183. The van der Waals surface area contributed by atoms with E-state index in [1.807, 2.05) is 0 Å². The van der Waals surface area contributed by atoms with Gasteiger partial charge in [0.15, 0.2) is 5.78 Å². The molecule has 0 amide bonds. The molecule has 0 heterocycles. The lowest BCUT2D eigenvalue weighted by atomic mass is 9.72. The van der Waals surface area contributed by atoms with Crippen molar-refractivity contribution in [3.05, 3.63) is 0 Å². The van der Waals surface area contributed by atoms with E-state index in [0.717, 1.165) is 13.8 Å². The fourth-order valence-electron chi connectivity index (χ4n) is 1.51. The molecule has 97 valence electrons. The van der Waals surface area contributed by atoms with Crippen LogP contribution in [0.1, 0.15) is 20.3 Å². The van der Waals surface area contributed by atoms with Crippen LogP contribution in [0.4, 0.5) is 13.2 Å². The Morgan fingerprint density at radius 2 is 1.53 bits per heavy atom. The molecule has 1 rings (SSSR count). The van der Waals surface area contributed by atoms with Crippen molar-refractivity contribution in [3.8, 4) is 0 Å². The van der Waals surface area contributed by atoms with E-state index in [-0.39, 0.29) is 0 Å². The van der Waals surface area contributed by atoms with E-state index in [4.69, 9.17) is 0 Å². The van der Waals surface area contributed by atoms with Crippen molar-refractivity contribution in [3.63, 3.8) is 0 Å². The summed E-state index contributed by atoms with van der Waals surface area (Å²) >= 11 is 0. The van der Waals surface area contributed by atoms with E-state index >= 15 is 0 Å². The molecule has 17 heavy (non-hydrogen) atoms. The predicted octanol–water partition coefficient (Wildman–Crippen LogP) is 0.616. The Balaban J connectivity index is 3.52. The second kappa shape index (κ2) is 3.29. The molecule has 1 atom stereocenters. The van der Waals surface area contributed by atoms with Crippen LogP contribution < -0.4 is 0 Å². The topological polar surface area (TPSA) is 88.2 Å². The lowest BCUT2D eigenvalue weighted by Gasteiger charge is -2.40. The Bertz CT molecular complexity index is 495. The summed E-state index contributed by atoms with van der Waals surface area (Å²) < 4.78 is 72.1. The Morgan fingerprint density at radius 3 is 1.88 bits per heavy atom. The molecule has 1 saturated carbocycles. The van der Waals surface area contributed by atoms with Crippen molar-refractivity contribution in [1.29, 1.82) is 0 Å².